The van der Waals surface area contributed by atoms with Gasteiger partial charge in [0.2, 0.25) is 5.91 Å². The number of aryl methyl sites for hydroxylation is 1. The first-order chi connectivity index (χ1) is 12.6. The lowest BCUT2D eigenvalue weighted by Crippen LogP contribution is -2.50. The SMILES string of the molecule is Cc1ccoc1C(=O)N1CCC2(CCCN(Cc3cccnc3)C2=O)C1. The van der Waals surface area contributed by atoms with Crippen LogP contribution in [-0.4, -0.2) is 46.2 Å². The van der Waals surface area contributed by atoms with Gasteiger partial charge in [0.15, 0.2) is 5.76 Å². The van der Waals surface area contributed by atoms with Crippen LogP contribution in [0.25, 0.3) is 0 Å². The zero-order chi connectivity index (χ0) is 18.1. The molecule has 1 atom stereocenters. The fraction of sp³-hybridized carbons (Fsp3) is 0.450. The Bertz CT molecular complexity index is 817. The van der Waals surface area contributed by atoms with E-state index in [9.17, 15) is 9.59 Å². The molecule has 6 heteroatoms. The zero-order valence-electron chi connectivity index (χ0n) is 15.0. The molecule has 1 unspecified atom stereocenters. The Labute approximate surface area is 152 Å². The lowest BCUT2D eigenvalue weighted by atomic mass is 9.78. The molecule has 0 aromatic carbocycles. The van der Waals surface area contributed by atoms with Crippen LogP contribution in [0.5, 0.6) is 0 Å². The van der Waals surface area contributed by atoms with Crippen molar-refractivity contribution in [1.29, 1.82) is 0 Å². The molecule has 136 valence electrons. The lowest BCUT2D eigenvalue weighted by molar-refractivity contribution is -0.146. The van der Waals surface area contributed by atoms with Crippen molar-refractivity contribution in [1.82, 2.24) is 14.8 Å². The number of hydrogen-bond acceptors (Lipinski definition) is 4. The zero-order valence-corrected chi connectivity index (χ0v) is 15.0. The van der Waals surface area contributed by atoms with E-state index >= 15 is 0 Å². The fourth-order valence-electron chi connectivity index (χ4n) is 4.17. The second-order valence-corrected chi connectivity index (χ2v) is 7.38. The molecule has 2 amide bonds. The minimum Gasteiger partial charge on any atom is -0.459 e. The third kappa shape index (κ3) is 2.89. The smallest absolute Gasteiger partial charge is 0.289 e. The maximum Gasteiger partial charge on any atom is 0.289 e. The van der Waals surface area contributed by atoms with Gasteiger partial charge in [0.05, 0.1) is 11.7 Å². The molecular weight excluding hydrogens is 330 g/mol. The van der Waals surface area contributed by atoms with Crippen molar-refractivity contribution in [3.63, 3.8) is 0 Å². The summed E-state index contributed by atoms with van der Waals surface area (Å²) < 4.78 is 5.35. The number of carbonyl (C=O) groups excluding carboxylic acids is 2. The molecule has 0 saturated carbocycles. The Morgan fingerprint density at radius 3 is 2.92 bits per heavy atom. The Morgan fingerprint density at radius 1 is 1.31 bits per heavy atom. The summed E-state index contributed by atoms with van der Waals surface area (Å²) in [4.78, 5) is 33.8. The molecule has 26 heavy (non-hydrogen) atoms. The van der Waals surface area contributed by atoms with Crippen LogP contribution in [-0.2, 0) is 11.3 Å². The van der Waals surface area contributed by atoms with Crippen LogP contribution < -0.4 is 0 Å². The van der Waals surface area contributed by atoms with Gasteiger partial charge < -0.3 is 14.2 Å². The molecule has 2 aromatic rings. The summed E-state index contributed by atoms with van der Waals surface area (Å²) in [6, 6.07) is 5.67. The first kappa shape index (κ1) is 16.8. The first-order valence-electron chi connectivity index (χ1n) is 9.11. The van der Waals surface area contributed by atoms with Gasteiger partial charge in [-0.3, -0.25) is 14.6 Å². The highest BCUT2D eigenvalue weighted by Gasteiger charge is 2.49. The van der Waals surface area contributed by atoms with Gasteiger partial charge in [0.25, 0.3) is 5.91 Å². The van der Waals surface area contributed by atoms with Crippen molar-refractivity contribution in [2.24, 2.45) is 5.41 Å². The van der Waals surface area contributed by atoms with Crippen LogP contribution in [0.4, 0.5) is 0 Å². The summed E-state index contributed by atoms with van der Waals surface area (Å²) in [6.45, 7) is 4.30. The Balaban J connectivity index is 1.49. The van der Waals surface area contributed by atoms with E-state index in [0.29, 0.717) is 25.4 Å². The van der Waals surface area contributed by atoms with Crippen LogP contribution in [0.15, 0.2) is 41.3 Å². The average molecular weight is 353 g/mol. The van der Waals surface area contributed by atoms with E-state index in [0.717, 1.165) is 36.9 Å². The van der Waals surface area contributed by atoms with Gasteiger partial charge in [-0.05, 0) is 43.9 Å². The van der Waals surface area contributed by atoms with Crippen LogP contribution in [0.3, 0.4) is 0 Å². The van der Waals surface area contributed by atoms with Crippen LogP contribution >= 0.6 is 0 Å². The summed E-state index contributed by atoms with van der Waals surface area (Å²) in [6.07, 6.45) is 7.61. The predicted octanol–water partition coefficient (Wildman–Crippen LogP) is 2.64. The van der Waals surface area contributed by atoms with Gasteiger partial charge in [-0.2, -0.15) is 0 Å². The maximum atomic E-state index is 13.2. The summed E-state index contributed by atoms with van der Waals surface area (Å²) in [7, 11) is 0. The molecule has 4 rings (SSSR count). The molecule has 2 aliphatic heterocycles. The summed E-state index contributed by atoms with van der Waals surface area (Å²) >= 11 is 0. The number of carbonyl (C=O) groups is 2. The van der Waals surface area contributed by atoms with E-state index in [2.05, 4.69) is 4.98 Å². The third-order valence-electron chi connectivity index (χ3n) is 5.62. The van der Waals surface area contributed by atoms with Gasteiger partial charge in [0, 0.05) is 44.1 Å². The highest BCUT2D eigenvalue weighted by atomic mass is 16.3. The molecule has 1 spiro atoms. The quantitative estimate of drug-likeness (QED) is 0.851. The molecule has 2 saturated heterocycles. The third-order valence-corrected chi connectivity index (χ3v) is 5.62. The number of aromatic nitrogens is 1. The standard InChI is InChI=1S/C20H23N3O3/c1-15-5-11-26-17(15)18(24)23-10-7-20(14-23)6-3-9-22(19(20)25)13-16-4-2-8-21-12-16/h2,4-5,8,11-12H,3,6-7,9-10,13-14H2,1H3. The molecule has 2 aliphatic rings. The normalized spacial score (nSPS) is 23.0. The average Bonchev–Trinajstić information content (AvgIpc) is 3.27. The van der Waals surface area contributed by atoms with Crippen LogP contribution in [0.2, 0.25) is 0 Å². The molecule has 0 bridgehead atoms. The number of pyridine rings is 1. The van der Waals surface area contributed by atoms with Gasteiger partial charge in [0.1, 0.15) is 0 Å². The lowest BCUT2D eigenvalue weighted by Gasteiger charge is -2.39. The number of likely N-dealkylation sites (tertiary alicyclic amines) is 2. The second-order valence-electron chi connectivity index (χ2n) is 7.38. The van der Waals surface area contributed by atoms with Crippen molar-refractivity contribution >= 4 is 11.8 Å². The molecule has 6 nitrogen and oxygen atoms in total. The minimum atomic E-state index is -0.448. The Hall–Kier alpha value is -2.63. The fourth-order valence-corrected chi connectivity index (χ4v) is 4.17. The number of amides is 2. The van der Waals surface area contributed by atoms with Crippen molar-refractivity contribution in [3.8, 4) is 0 Å². The number of hydrogen-bond donors (Lipinski definition) is 0. The van der Waals surface area contributed by atoms with Gasteiger partial charge in [-0.15, -0.1) is 0 Å². The van der Waals surface area contributed by atoms with E-state index in [1.807, 2.05) is 24.0 Å². The van der Waals surface area contributed by atoms with Crippen molar-refractivity contribution in [3.05, 3.63) is 53.7 Å². The molecule has 0 radical (unpaired) electrons. The molecular formula is C20H23N3O3. The number of furan rings is 1. The summed E-state index contributed by atoms with van der Waals surface area (Å²) in [5, 5.41) is 0. The first-order valence-corrected chi connectivity index (χ1v) is 9.11. The van der Waals surface area contributed by atoms with Crippen molar-refractivity contribution in [2.75, 3.05) is 19.6 Å². The predicted molar refractivity (Wildman–Crippen MR) is 95.3 cm³/mol. The maximum absolute atomic E-state index is 13.2. The van der Waals surface area contributed by atoms with E-state index < -0.39 is 5.41 Å². The van der Waals surface area contributed by atoms with E-state index in [1.165, 1.54) is 6.26 Å². The van der Waals surface area contributed by atoms with Gasteiger partial charge in [-0.1, -0.05) is 6.07 Å². The van der Waals surface area contributed by atoms with Crippen molar-refractivity contribution in [2.45, 2.75) is 32.7 Å². The van der Waals surface area contributed by atoms with E-state index in [1.54, 1.807) is 23.4 Å². The van der Waals surface area contributed by atoms with E-state index in [-0.39, 0.29) is 11.8 Å². The second kappa shape index (κ2) is 6.59. The Morgan fingerprint density at radius 2 is 2.19 bits per heavy atom. The highest BCUT2D eigenvalue weighted by Crippen LogP contribution is 2.41. The number of nitrogens with zero attached hydrogens (tertiary/aromatic N) is 3. The van der Waals surface area contributed by atoms with E-state index in [4.69, 9.17) is 4.42 Å². The molecule has 2 aromatic heterocycles. The number of rotatable bonds is 3. The van der Waals surface area contributed by atoms with Crippen molar-refractivity contribution < 1.29 is 14.0 Å². The summed E-state index contributed by atoms with van der Waals surface area (Å²) in [5.74, 6) is 0.443. The van der Waals surface area contributed by atoms with Gasteiger partial charge in [-0.25, -0.2) is 0 Å². The Kier molecular flexibility index (Phi) is 4.26. The topological polar surface area (TPSA) is 66.7 Å². The molecule has 4 heterocycles. The number of piperidine rings is 1. The molecule has 0 aliphatic carbocycles. The molecule has 0 N–H and O–H groups in total. The molecule has 2 fully saturated rings. The largest absolute Gasteiger partial charge is 0.459 e. The summed E-state index contributed by atoms with van der Waals surface area (Å²) in [5.41, 5.74) is 1.43. The van der Waals surface area contributed by atoms with Gasteiger partial charge >= 0.3 is 0 Å². The van der Waals surface area contributed by atoms with Crippen LogP contribution in [0.1, 0.15) is 40.9 Å². The highest BCUT2D eigenvalue weighted by molar-refractivity contribution is 5.94. The van der Waals surface area contributed by atoms with Crippen LogP contribution in [0, 0.1) is 12.3 Å². The minimum absolute atomic E-state index is 0.110. The monoisotopic (exact) mass is 353 g/mol.